The van der Waals surface area contributed by atoms with Gasteiger partial charge < -0.3 is 18.8 Å². The number of aryl methyl sites for hydroxylation is 1. The van der Waals surface area contributed by atoms with Crippen molar-refractivity contribution in [3.63, 3.8) is 0 Å². The Balaban J connectivity index is 2.13. The number of carbonyl (C=O) groups is 2. The van der Waals surface area contributed by atoms with E-state index in [1.165, 1.54) is 0 Å². The van der Waals surface area contributed by atoms with Gasteiger partial charge in [-0.15, -0.1) is 0 Å². The number of rotatable bonds is 12. The number of aromatic nitrogens is 1. The molecule has 0 aromatic carbocycles. The lowest BCUT2D eigenvalue weighted by molar-refractivity contribution is -0.143. The highest BCUT2D eigenvalue weighted by Crippen LogP contribution is 2.14. The normalized spacial score (nSPS) is 12.0. The zero-order chi connectivity index (χ0) is 21.2. The molecule has 0 bridgehead atoms. The number of hydrogen-bond donors (Lipinski definition) is 0. The standard InChI is InChI=1S/C23H35N3O3/c1-5-7-8-13-22(27)26(19(3)6-2)18-23(28)25(17-21-12-10-15-29-21)16-20-11-9-14-24(20)4/h9-12,14-15,19H,5-8,13,16-18H2,1-4H3/t19-/m0/s1. The molecule has 0 fully saturated rings. The fourth-order valence-corrected chi connectivity index (χ4v) is 3.30. The molecular formula is C23H35N3O3. The lowest BCUT2D eigenvalue weighted by atomic mass is 10.1. The van der Waals surface area contributed by atoms with Gasteiger partial charge in [-0.3, -0.25) is 9.59 Å². The summed E-state index contributed by atoms with van der Waals surface area (Å²) in [4.78, 5) is 29.6. The molecule has 2 aromatic heterocycles. The molecule has 160 valence electrons. The fraction of sp³-hybridized carbons (Fsp3) is 0.565. The molecule has 0 spiro atoms. The molecule has 0 aliphatic heterocycles. The summed E-state index contributed by atoms with van der Waals surface area (Å²) in [5.74, 6) is 0.738. The minimum atomic E-state index is -0.0632. The van der Waals surface area contributed by atoms with Crippen molar-refractivity contribution in [1.29, 1.82) is 0 Å². The van der Waals surface area contributed by atoms with E-state index in [2.05, 4.69) is 6.92 Å². The number of hydrogen-bond acceptors (Lipinski definition) is 3. The maximum Gasteiger partial charge on any atom is 0.242 e. The zero-order valence-corrected chi connectivity index (χ0v) is 18.3. The summed E-state index contributed by atoms with van der Waals surface area (Å²) in [6, 6.07) is 7.70. The average Bonchev–Trinajstić information content (AvgIpc) is 3.37. The van der Waals surface area contributed by atoms with Gasteiger partial charge in [0.15, 0.2) is 0 Å². The molecule has 0 aliphatic rings. The smallest absolute Gasteiger partial charge is 0.242 e. The predicted octanol–water partition coefficient (Wildman–Crippen LogP) is 4.35. The Kier molecular flexibility index (Phi) is 9.03. The van der Waals surface area contributed by atoms with Crippen LogP contribution in [0, 0.1) is 0 Å². The lowest BCUT2D eigenvalue weighted by Crippen LogP contribution is -2.46. The number of furan rings is 1. The maximum absolute atomic E-state index is 13.3. The van der Waals surface area contributed by atoms with Crippen LogP contribution in [0.3, 0.4) is 0 Å². The van der Waals surface area contributed by atoms with Crippen molar-refractivity contribution >= 4 is 11.8 Å². The second-order valence-corrected chi connectivity index (χ2v) is 7.68. The summed E-state index contributed by atoms with van der Waals surface area (Å²) in [5.41, 5.74) is 1.04. The summed E-state index contributed by atoms with van der Waals surface area (Å²) in [6.45, 7) is 7.14. The largest absolute Gasteiger partial charge is 0.467 e. The van der Waals surface area contributed by atoms with Gasteiger partial charge >= 0.3 is 0 Å². The topological polar surface area (TPSA) is 58.7 Å². The molecular weight excluding hydrogens is 366 g/mol. The van der Waals surface area contributed by atoms with E-state index in [9.17, 15) is 9.59 Å². The Labute approximate surface area is 174 Å². The summed E-state index contributed by atoms with van der Waals surface area (Å²) in [6.07, 6.45) is 7.88. The molecule has 6 nitrogen and oxygen atoms in total. The number of nitrogens with zero attached hydrogens (tertiary/aromatic N) is 3. The van der Waals surface area contributed by atoms with Crippen molar-refractivity contribution in [2.45, 2.75) is 72.0 Å². The summed E-state index contributed by atoms with van der Waals surface area (Å²) in [7, 11) is 1.97. The maximum atomic E-state index is 13.3. The zero-order valence-electron chi connectivity index (χ0n) is 18.3. The monoisotopic (exact) mass is 401 g/mol. The van der Waals surface area contributed by atoms with Gasteiger partial charge in [0.25, 0.3) is 0 Å². The first-order valence-electron chi connectivity index (χ1n) is 10.7. The van der Waals surface area contributed by atoms with Crippen molar-refractivity contribution in [3.8, 4) is 0 Å². The molecule has 0 radical (unpaired) electrons. The van der Waals surface area contributed by atoms with Gasteiger partial charge in [-0.25, -0.2) is 0 Å². The third-order valence-corrected chi connectivity index (χ3v) is 5.43. The van der Waals surface area contributed by atoms with Crippen molar-refractivity contribution in [1.82, 2.24) is 14.4 Å². The SMILES string of the molecule is CCCCCC(=O)N(CC(=O)N(Cc1ccco1)Cc1cccn1C)[C@@H](C)CC. The summed E-state index contributed by atoms with van der Waals surface area (Å²) in [5, 5.41) is 0. The second-order valence-electron chi connectivity index (χ2n) is 7.68. The molecule has 0 saturated heterocycles. The highest BCUT2D eigenvalue weighted by Gasteiger charge is 2.25. The molecule has 6 heteroatoms. The van der Waals surface area contributed by atoms with Gasteiger partial charge in [0.2, 0.25) is 11.8 Å². The van der Waals surface area contributed by atoms with Gasteiger partial charge in [-0.1, -0.05) is 26.7 Å². The first kappa shape index (κ1) is 22.8. The van der Waals surface area contributed by atoms with E-state index in [4.69, 9.17) is 4.42 Å². The van der Waals surface area contributed by atoms with E-state index >= 15 is 0 Å². The molecule has 0 unspecified atom stereocenters. The fourth-order valence-electron chi connectivity index (χ4n) is 3.30. The van der Waals surface area contributed by atoms with E-state index in [-0.39, 0.29) is 24.4 Å². The third kappa shape index (κ3) is 6.80. The van der Waals surface area contributed by atoms with E-state index < -0.39 is 0 Å². The van der Waals surface area contributed by atoms with Gasteiger partial charge in [-0.2, -0.15) is 0 Å². The van der Waals surface area contributed by atoms with Crippen LogP contribution in [0.15, 0.2) is 41.1 Å². The van der Waals surface area contributed by atoms with Gasteiger partial charge in [-0.05, 0) is 44.0 Å². The minimum Gasteiger partial charge on any atom is -0.467 e. The molecule has 29 heavy (non-hydrogen) atoms. The molecule has 2 rings (SSSR count). The van der Waals surface area contributed by atoms with Crippen LogP contribution in [0.25, 0.3) is 0 Å². The first-order chi connectivity index (χ1) is 14.0. The molecule has 2 heterocycles. The van der Waals surface area contributed by atoms with Gasteiger partial charge in [0, 0.05) is 31.4 Å². The third-order valence-electron chi connectivity index (χ3n) is 5.43. The molecule has 2 aromatic rings. The van der Waals surface area contributed by atoms with Gasteiger partial charge in [0.1, 0.15) is 12.3 Å². The van der Waals surface area contributed by atoms with Crippen molar-refractivity contribution in [3.05, 3.63) is 48.2 Å². The van der Waals surface area contributed by atoms with Crippen LogP contribution < -0.4 is 0 Å². The Hall–Kier alpha value is -2.50. The molecule has 2 amide bonds. The Morgan fingerprint density at radius 2 is 1.90 bits per heavy atom. The van der Waals surface area contributed by atoms with Crippen LogP contribution in [0.2, 0.25) is 0 Å². The van der Waals surface area contributed by atoms with Crippen LogP contribution >= 0.6 is 0 Å². The van der Waals surface area contributed by atoms with Crippen LogP contribution in [0.4, 0.5) is 0 Å². The van der Waals surface area contributed by atoms with E-state index in [0.29, 0.717) is 19.5 Å². The average molecular weight is 402 g/mol. The lowest BCUT2D eigenvalue weighted by Gasteiger charge is -2.31. The highest BCUT2D eigenvalue weighted by molar-refractivity contribution is 5.85. The molecule has 1 atom stereocenters. The van der Waals surface area contributed by atoms with E-state index in [0.717, 1.165) is 37.1 Å². The number of amides is 2. The Morgan fingerprint density at radius 3 is 2.48 bits per heavy atom. The summed E-state index contributed by atoms with van der Waals surface area (Å²) >= 11 is 0. The minimum absolute atomic E-state index is 0.0357. The van der Waals surface area contributed by atoms with E-state index in [1.807, 2.05) is 55.9 Å². The quantitative estimate of drug-likeness (QED) is 0.497. The van der Waals surface area contributed by atoms with Crippen molar-refractivity contribution < 1.29 is 14.0 Å². The Morgan fingerprint density at radius 1 is 1.10 bits per heavy atom. The molecule has 0 N–H and O–H groups in total. The second kappa shape index (κ2) is 11.5. The van der Waals surface area contributed by atoms with Gasteiger partial charge in [0.05, 0.1) is 19.4 Å². The van der Waals surface area contributed by atoms with Crippen LogP contribution in [0.5, 0.6) is 0 Å². The predicted molar refractivity (Wildman–Crippen MR) is 114 cm³/mol. The van der Waals surface area contributed by atoms with Crippen molar-refractivity contribution in [2.24, 2.45) is 7.05 Å². The number of unbranched alkanes of at least 4 members (excludes halogenated alkanes) is 2. The van der Waals surface area contributed by atoms with E-state index in [1.54, 1.807) is 16.1 Å². The van der Waals surface area contributed by atoms with Crippen LogP contribution in [-0.2, 0) is 29.7 Å². The first-order valence-corrected chi connectivity index (χ1v) is 10.7. The van der Waals surface area contributed by atoms with Crippen molar-refractivity contribution in [2.75, 3.05) is 6.54 Å². The summed E-state index contributed by atoms with van der Waals surface area (Å²) < 4.78 is 7.47. The number of carbonyl (C=O) groups excluding carboxylic acids is 2. The van der Waals surface area contributed by atoms with Crippen LogP contribution in [-0.4, -0.2) is 38.8 Å². The highest BCUT2D eigenvalue weighted by atomic mass is 16.3. The molecule has 0 saturated carbocycles. The molecule has 0 aliphatic carbocycles. The Bertz CT molecular complexity index is 751. The van der Waals surface area contributed by atoms with Crippen LogP contribution in [0.1, 0.15) is 64.3 Å².